The van der Waals surface area contributed by atoms with Crippen LogP contribution >= 0.6 is 0 Å². The lowest BCUT2D eigenvalue weighted by molar-refractivity contribution is 0.112. The van der Waals surface area contributed by atoms with Gasteiger partial charge in [-0.15, -0.1) is 0 Å². The van der Waals surface area contributed by atoms with Gasteiger partial charge in [-0.2, -0.15) is 0 Å². The van der Waals surface area contributed by atoms with Gasteiger partial charge in [0.2, 0.25) is 0 Å². The predicted octanol–water partition coefficient (Wildman–Crippen LogP) is 0.459. The molecule has 1 aliphatic heterocycles. The zero-order chi connectivity index (χ0) is 7.40. The van der Waals surface area contributed by atoms with E-state index in [-0.39, 0.29) is 18.8 Å². The third-order valence-corrected chi connectivity index (χ3v) is 1.92. The number of aliphatic hydroxyl groups excluding tert-OH is 1. The Labute approximate surface area is 60.4 Å². The minimum atomic E-state index is -0.287. The van der Waals surface area contributed by atoms with E-state index < -0.39 is 0 Å². The van der Waals surface area contributed by atoms with Gasteiger partial charge in [0.25, 0.3) is 0 Å². The van der Waals surface area contributed by atoms with Crippen molar-refractivity contribution < 1.29 is 9.50 Å². The van der Waals surface area contributed by atoms with E-state index >= 15 is 0 Å². The maximum atomic E-state index is 11.8. The molecule has 1 aliphatic rings. The molecule has 1 fully saturated rings. The first kappa shape index (κ1) is 7.95. The largest absolute Gasteiger partial charge is 0.393 e. The van der Waals surface area contributed by atoms with Gasteiger partial charge >= 0.3 is 0 Å². The second-order valence-electron chi connectivity index (χ2n) is 2.81. The zero-order valence-electron chi connectivity index (χ0n) is 6.02. The van der Waals surface area contributed by atoms with E-state index in [4.69, 9.17) is 5.11 Å². The minimum absolute atomic E-state index is 0.203. The van der Waals surface area contributed by atoms with Crippen molar-refractivity contribution in [1.29, 1.82) is 0 Å². The fourth-order valence-electron chi connectivity index (χ4n) is 1.34. The Balaban J connectivity index is 2.18. The van der Waals surface area contributed by atoms with Gasteiger partial charge in [0.05, 0.1) is 12.8 Å². The number of piperidine rings is 1. The molecule has 1 saturated heterocycles. The summed E-state index contributed by atoms with van der Waals surface area (Å²) in [6.07, 6.45) is 1.85. The van der Waals surface area contributed by atoms with Crippen LogP contribution in [0.1, 0.15) is 19.3 Å². The zero-order valence-corrected chi connectivity index (χ0v) is 6.02. The summed E-state index contributed by atoms with van der Waals surface area (Å²) in [5.41, 5.74) is 0. The fourth-order valence-corrected chi connectivity index (χ4v) is 1.34. The van der Waals surface area contributed by atoms with Gasteiger partial charge in [0.15, 0.2) is 0 Å². The van der Waals surface area contributed by atoms with Crippen LogP contribution in [0.15, 0.2) is 0 Å². The van der Waals surface area contributed by atoms with Gasteiger partial charge in [-0.3, -0.25) is 4.39 Å². The van der Waals surface area contributed by atoms with Crippen LogP contribution in [0.5, 0.6) is 0 Å². The van der Waals surface area contributed by atoms with E-state index in [0.717, 1.165) is 13.0 Å². The molecule has 2 nitrogen and oxygen atoms in total. The number of alkyl halides is 1. The van der Waals surface area contributed by atoms with Gasteiger partial charge in [-0.05, 0) is 25.8 Å². The Morgan fingerprint density at radius 1 is 1.60 bits per heavy atom. The third kappa shape index (κ3) is 2.23. The molecule has 2 unspecified atom stereocenters. The summed E-state index contributed by atoms with van der Waals surface area (Å²) in [5.74, 6) is 0. The van der Waals surface area contributed by atoms with Crippen molar-refractivity contribution in [3.8, 4) is 0 Å². The van der Waals surface area contributed by atoms with Crippen LogP contribution in [-0.4, -0.2) is 30.5 Å². The molecule has 0 bridgehead atoms. The van der Waals surface area contributed by atoms with E-state index in [2.05, 4.69) is 5.32 Å². The molecule has 1 rings (SSSR count). The van der Waals surface area contributed by atoms with E-state index in [1.165, 1.54) is 0 Å². The predicted molar refractivity (Wildman–Crippen MR) is 37.6 cm³/mol. The Morgan fingerprint density at radius 3 is 3.00 bits per heavy atom. The van der Waals surface area contributed by atoms with Crippen LogP contribution in [-0.2, 0) is 0 Å². The molecule has 3 heteroatoms. The fraction of sp³-hybridized carbons (Fsp3) is 1.00. The van der Waals surface area contributed by atoms with E-state index in [1.807, 2.05) is 0 Å². The van der Waals surface area contributed by atoms with Gasteiger partial charge < -0.3 is 10.4 Å². The van der Waals surface area contributed by atoms with Crippen molar-refractivity contribution >= 4 is 0 Å². The quantitative estimate of drug-likeness (QED) is 0.594. The summed E-state index contributed by atoms with van der Waals surface area (Å²) in [7, 11) is 0. The first-order valence-electron chi connectivity index (χ1n) is 3.80. The molecular weight excluding hydrogens is 133 g/mol. The Kier molecular flexibility index (Phi) is 3.09. The van der Waals surface area contributed by atoms with Gasteiger partial charge in [-0.25, -0.2) is 0 Å². The molecule has 0 saturated carbocycles. The van der Waals surface area contributed by atoms with Crippen molar-refractivity contribution in [3.63, 3.8) is 0 Å². The molecule has 10 heavy (non-hydrogen) atoms. The molecule has 0 radical (unpaired) electrons. The number of aliphatic hydroxyl groups is 1. The molecule has 0 aromatic heterocycles. The molecule has 0 aliphatic carbocycles. The number of hydrogen-bond acceptors (Lipinski definition) is 2. The van der Waals surface area contributed by atoms with Crippen molar-refractivity contribution in [2.75, 3.05) is 13.2 Å². The highest BCUT2D eigenvalue weighted by atomic mass is 19.1. The Hall–Kier alpha value is -0.150. The molecule has 0 spiro atoms. The molecule has 0 aromatic rings. The summed E-state index contributed by atoms with van der Waals surface area (Å²) >= 11 is 0. The summed E-state index contributed by atoms with van der Waals surface area (Å²) in [6.45, 7) is 0.538. The average molecular weight is 147 g/mol. The third-order valence-electron chi connectivity index (χ3n) is 1.92. The highest BCUT2D eigenvalue weighted by molar-refractivity contribution is 4.77. The second kappa shape index (κ2) is 3.88. The summed E-state index contributed by atoms with van der Waals surface area (Å²) < 4.78 is 11.8. The van der Waals surface area contributed by atoms with E-state index in [1.54, 1.807) is 0 Å². The maximum absolute atomic E-state index is 11.8. The highest BCUT2D eigenvalue weighted by Crippen LogP contribution is 2.10. The average Bonchev–Trinajstić information content (AvgIpc) is 1.88. The molecule has 2 atom stereocenters. The summed E-state index contributed by atoms with van der Waals surface area (Å²) in [6, 6.07) is 0.203. The van der Waals surface area contributed by atoms with Gasteiger partial charge in [0.1, 0.15) is 0 Å². The van der Waals surface area contributed by atoms with E-state index in [9.17, 15) is 4.39 Å². The summed E-state index contributed by atoms with van der Waals surface area (Å²) in [5, 5.41) is 12.3. The molecule has 60 valence electrons. The SMILES string of the molecule is OC1CCNC(CCF)C1. The molecular formula is C7H14FNO. The molecule has 2 N–H and O–H groups in total. The standard InChI is InChI=1S/C7H14FNO/c8-3-1-6-5-7(10)2-4-9-6/h6-7,9-10H,1-5H2. The van der Waals surface area contributed by atoms with Crippen LogP contribution in [0.3, 0.4) is 0 Å². The topological polar surface area (TPSA) is 32.3 Å². The normalized spacial score (nSPS) is 34.2. The van der Waals surface area contributed by atoms with Crippen molar-refractivity contribution in [2.45, 2.75) is 31.4 Å². The van der Waals surface area contributed by atoms with Crippen LogP contribution in [0.4, 0.5) is 4.39 Å². The Morgan fingerprint density at radius 2 is 2.40 bits per heavy atom. The number of nitrogens with one attached hydrogen (secondary N) is 1. The lowest BCUT2D eigenvalue weighted by Gasteiger charge is -2.26. The van der Waals surface area contributed by atoms with Crippen LogP contribution in [0, 0.1) is 0 Å². The summed E-state index contributed by atoms with van der Waals surface area (Å²) in [4.78, 5) is 0. The lowest BCUT2D eigenvalue weighted by Crippen LogP contribution is -2.40. The first-order chi connectivity index (χ1) is 4.83. The first-order valence-corrected chi connectivity index (χ1v) is 3.80. The monoisotopic (exact) mass is 147 g/mol. The number of halogens is 1. The molecule has 1 heterocycles. The smallest absolute Gasteiger partial charge is 0.0909 e. The van der Waals surface area contributed by atoms with Crippen LogP contribution in [0.2, 0.25) is 0 Å². The maximum Gasteiger partial charge on any atom is 0.0909 e. The number of rotatable bonds is 2. The molecule has 0 aromatic carbocycles. The lowest BCUT2D eigenvalue weighted by atomic mass is 10.0. The van der Waals surface area contributed by atoms with Crippen LogP contribution < -0.4 is 5.32 Å². The van der Waals surface area contributed by atoms with Crippen molar-refractivity contribution in [1.82, 2.24) is 5.32 Å². The van der Waals surface area contributed by atoms with Crippen LogP contribution in [0.25, 0.3) is 0 Å². The Bertz CT molecular complexity index is 97.6. The van der Waals surface area contributed by atoms with Crippen molar-refractivity contribution in [3.05, 3.63) is 0 Å². The number of hydrogen-bond donors (Lipinski definition) is 2. The van der Waals surface area contributed by atoms with Crippen molar-refractivity contribution in [2.24, 2.45) is 0 Å². The molecule has 0 amide bonds. The minimum Gasteiger partial charge on any atom is -0.393 e. The van der Waals surface area contributed by atoms with Gasteiger partial charge in [-0.1, -0.05) is 0 Å². The van der Waals surface area contributed by atoms with Gasteiger partial charge in [0, 0.05) is 6.04 Å². The second-order valence-corrected chi connectivity index (χ2v) is 2.81. The van der Waals surface area contributed by atoms with E-state index in [0.29, 0.717) is 12.8 Å². The highest BCUT2D eigenvalue weighted by Gasteiger charge is 2.18.